The molecule has 0 fully saturated rings. The summed E-state index contributed by atoms with van der Waals surface area (Å²) in [6.07, 6.45) is 0.849. The average Bonchev–Trinajstić information content (AvgIpc) is 2.49. The lowest BCUT2D eigenvalue weighted by Crippen LogP contribution is -2.28. The van der Waals surface area contributed by atoms with Crippen molar-refractivity contribution in [1.82, 2.24) is 15.0 Å². The van der Waals surface area contributed by atoms with Crippen LogP contribution in [0.4, 0.5) is 11.9 Å². The summed E-state index contributed by atoms with van der Waals surface area (Å²) in [5.74, 6) is 1.88. The van der Waals surface area contributed by atoms with E-state index in [0.29, 0.717) is 18.4 Å². The van der Waals surface area contributed by atoms with Gasteiger partial charge < -0.3 is 15.8 Å². The lowest BCUT2D eigenvalue weighted by Gasteiger charge is -2.18. The molecule has 2 rings (SSSR count). The lowest BCUT2D eigenvalue weighted by molar-refractivity contribution is 0.293. The van der Waals surface area contributed by atoms with Crippen LogP contribution in [0.5, 0.6) is 5.75 Å². The second-order valence-corrected chi connectivity index (χ2v) is 6.53. The molecule has 1 aromatic heterocycles. The molecule has 0 bridgehead atoms. The van der Waals surface area contributed by atoms with Gasteiger partial charge in [0.1, 0.15) is 12.4 Å². The van der Waals surface area contributed by atoms with Crippen molar-refractivity contribution in [2.45, 2.75) is 45.5 Å². The number of nitrogens with zero attached hydrogens (tertiary/aromatic N) is 3. The van der Waals surface area contributed by atoms with Gasteiger partial charge in [-0.2, -0.15) is 15.0 Å². The van der Waals surface area contributed by atoms with Crippen LogP contribution < -0.4 is 15.8 Å². The minimum atomic E-state index is -0.331. The largest absolute Gasteiger partial charge is 0.491 e. The van der Waals surface area contributed by atoms with Crippen molar-refractivity contribution >= 4 is 23.5 Å². The molecule has 0 amide bonds. The Hall–Kier alpha value is -2.08. The van der Waals surface area contributed by atoms with Crippen molar-refractivity contribution in [3.63, 3.8) is 0 Å². The Labute approximate surface area is 147 Å². The van der Waals surface area contributed by atoms with Gasteiger partial charge in [-0.25, -0.2) is 0 Å². The van der Waals surface area contributed by atoms with Crippen LogP contribution in [-0.4, -0.2) is 27.6 Å². The molecule has 2 aromatic rings. The number of nitrogens with two attached hydrogens (primary N) is 1. The number of nitrogen functional groups attached to an aromatic ring is 1. The third-order valence-corrected chi connectivity index (χ3v) is 3.69. The number of anilines is 2. The van der Waals surface area contributed by atoms with E-state index in [1.54, 1.807) is 6.92 Å². The van der Waals surface area contributed by atoms with E-state index in [2.05, 4.69) is 47.1 Å². The summed E-state index contributed by atoms with van der Waals surface area (Å²) in [5, 5.41) is 2.91. The van der Waals surface area contributed by atoms with Crippen LogP contribution in [0.1, 0.15) is 42.6 Å². The van der Waals surface area contributed by atoms with Crippen LogP contribution in [0.2, 0.25) is 0 Å². The molecule has 130 valence electrons. The number of aryl methyl sites for hydroxylation is 2. The highest BCUT2D eigenvalue weighted by Crippen LogP contribution is 2.19. The van der Waals surface area contributed by atoms with Crippen molar-refractivity contribution in [2.24, 2.45) is 0 Å². The van der Waals surface area contributed by atoms with E-state index < -0.39 is 0 Å². The smallest absolute Gasteiger partial charge is 0.228 e. The molecule has 24 heavy (non-hydrogen) atoms. The Bertz CT molecular complexity index is 672. The van der Waals surface area contributed by atoms with Gasteiger partial charge in [-0.15, -0.1) is 11.6 Å². The van der Waals surface area contributed by atoms with E-state index in [1.807, 2.05) is 12.1 Å². The predicted molar refractivity (Wildman–Crippen MR) is 97.6 cm³/mol. The van der Waals surface area contributed by atoms with E-state index in [0.717, 1.165) is 12.2 Å². The topological polar surface area (TPSA) is 86.0 Å². The number of benzene rings is 1. The van der Waals surface area contributed by atoms with Gasteiger partial charge >= 0.3 is 0 Å². The van der Waals surface area contributed by atoms with Crippen LogP contribution in [0.15, 0.2) is 18.2 Å². The van der Waals surface area contributed by atoms with Gasteiger partial charge in [0.25, 0.3) is 0 Å². The maximum Gasteiger partial charge on any atom is 0.228 e. The normalized spacial score (nSPS) is 13.4. The lowest BCUT2D eigenvalue weighted by atomic mass is 10.1. The van der Waals surface area contributed by atoms with Gasteiger partial charge in [0.05, 0.1) is 11.4 Å². The first-order chi connectivity index (χ1) is 11.4. The Morgan fingerprint density at radius 3 is 2.42 bits per heavy atom. The van der Waals surface area contributed by atoms with Gasteiger partial charge in [0, 0.05) is 0 Å². The first-order valence-electron chi connectivity index (χ1n) is 8.00. The van der Waals surface area contributed by atoms with Crippen LogP contribution >= 0.6 is 11.6 Å². The monoisotopic (exact) mass is 349 g/mol. The standard InChI is InChI=1S/C17H24ClN5O/c1-5-13(9-24-14-7-10(2)6-11(3)8-14)20-17-22-15(12(4)18)21-16(19)23-17/h6-8,12-13H,5,9H2,1-4H3,(H3,19,20,21,22,23). The number of aromatic nitrogens is 3. The fourth-order valence-electron chi connectivity index (χ4n) is 2.31. The molecule has 0 aliphatic heterocycles. The van der Waals surface area contributed by atoms with Crippen molar-refractivity contribution in [3.05, 3.63) is 35.2 Å². The number of rotatable bonds is 7. The number of hydrogen-bond acceptors (Lipinski definition) is 6. The minimum Gasteiger partial charge on any atom is -0.491 e. The molecule has 2 unspecified atom stereocenters. The average molecular weight is 350 g/mol. The summed E-state index contributed by atoms with van der Waals surface area (Å²) < 4.78 is 5.91. The quantitative estimate of drug-likeness (QED) is 0.742. The second-order valence-electron chi connectivity index (χ2n) is 5.88. The Kier molecular flexibility index (Phi) is 6.20. The van der Waals surface area contributed by atoms with Gasteiger partial charge in [-0.1, -0.05) is 13.0 Å². The fourth-order valence-corrected chi connectivity index (χ4v) is 2.41. The van der Waals surface area contributed by atoms with Crippen LogP contribution in [-0.2, 0) is 0 Å². The zero-order valence-corrected chi connectivity index (χ0v) is 15.3. The molecule has 6 nitrogen and oxygen atoms in total. The molecule has 0 aliphatic rings. The van der Waals surface area contributed by atoms with E-state index in [4.69, 9.17) is 22.1 Å². The van der Waals surface area contributed by atoms with Gasteiger partial charge in [0.2, 0.25) is 11.9 Å². The third-order valence-electron chi connectivity index (χ3n) is 3.50. The van der Waals surface area contributed by atoms with E-state index in [1.165, 1.54) is 11.1 Å². The first kappa shape index (κ1) is 18.3. The number of alkyl halides is 1. The summed E-state index contributed by atoms with van der Waals surface area (Å²) in [6.45, 7) is 8.46. The van der Waals surface area contributed by atoms with Crippen molar-refractivity contribution in [1.29, 1.82) is 0 Å². The maximum atomic E-state index is 6.03. The summed E-state index contributed by atoms with van der Waals surface area (Å²) in [6, 6.07) is 6.21. The summed E-state index contributed by atoms with van der Waals surface area (Å²) >= 11 is 6.03. The number of nitrogens with one attached hydrogen (secondary N) is 1. The molecule has 1 aromatic carbocycles. The molecule has 0 saturated carbocycles. The van der Waals surface area contributed by atoms with Crippen molar-refractivity contribution < 1.29 is 4.74 Å². The molecule has 0 radical (unpaired) electrons. The molecular weight excluding hydrogens is 326 g/mol. The Morgan fingerprint density at radius 2 is 1.83 bits per heavy atom. The van der Waals surface area contributed by atoms with E-state index in [-0.39, 0.29) is 17.4 Å². The SMILES string of the molecule is CCC(COc1cc(C)cc(C)c1)Nc1nc(N)nc(C(C)Cl)n1. The number of hydrogen-bond donors (Lipinski definition) is 2. The highest BCUT2D eigenvalue weighted by Gasteiger charge is 2.13. The molecule has 7 heteroatoms. The fraction of sp³-hybridized carbons (Fsp3) is 0.471. The van der Waals surface area contributed by atoms with E-state index >= 15 is 0 Å². The van der Waals surface area contributed by atoms with E-state index in [9.17, 15) is 0 Å². The highest BCUT2D eigenvalue weighted by atomic mass is 35.5. The molecule has 1 heterocycles. The summed E-state index contributed by atoms with van der Waals surface area (Å²) in [4.78, 5) is 12.5. The Morgan fingerprint density at radius 1 is 1.17 bits per heavy atom. The van der Waals surface area contributed by atoms with Crippen molar-refractivity contribution in [3.8, 4) is 5.75 Å². The number of halogens is 1. The highest BCUT2D eigenvalue weighted by molar-refractivity contribution is 6.20. The molecule has 3 N–H and O–H groups in total. The van der Waals surface area contributed by atoms with Crippen molar-refractivity contribution in [2.75, 3.05) is 17.7 Å². The van der Waals surface area contributed by atoms with Gasteiger partial charge in [-0.3, -0.25) is 0 Å². The zero-order chi connectivity index (χ0) is 17.7. The van der Waals surface area contributed by atoms with Gasteiger partial charge in [0.15, 0.2) is 5.82 Å². The molecule has 0 saturated heterocycles. The first-order valence-corrected chi connectivity index (χ1v) is 8.44. The van der Waals surface area contributed by atoms with Crippen LogP contribution in [0, 0.1) is 13.8 Å². The second kappa shape index (κ2) is 8.15. The summed E-state index contributed by atoms with van der Waals surface area (Å²) in [5.41, 5.74) is 8.08. The molecule has 2 atom stereocenters. The van der Waals surface area contributed by atoms with Crippen LogP contribution in [0.3, 0.4) is 0 Å². The zero-order valence-electron chi connectivity index (χ0n) is 14.5. The molecular formula is C17H24ClN5O. The number of ether oxygens (including phenoxy) is 1. The molecule has 0 aliphatic carbocycles. The van der Waals surface area contributed by atoms with Gasteiger partial charge in [-0.05, 0) is 50.5 Å². The maximum absolute atomic E-state index is 6.03. The molecule has 0 spiro atoms. The predicted octanol–water partition coefficient (Wildman–Crippen LogP) is 3.64. The third kappa shape index (κ3) is 5.23. The Balaban J connectivity index is 2.04. The van der Waals surface area contributed by atoms with Crippen LogP contribution in [0.25, 0.3) is 0 Å². The minimum absolute atomic E-state index is 0.0473. The summed E-state index contributed by atoms with van der Waals surface area (Å²) in [7, 11) is 0.